The number of primary amides is 1. The van der Waals surface area contributed by atoms with E-state index < -0.39 is 17.6 Å². The Morgan fingerprint density at radius 2 is 1.90 bits per heavy atom. The highest BCUT2D eigenvalue weighted by Crippen LogP contribution is 2.36. The van der Waals surface area contributed by atoms with Gasteiger partial charge in [-0.1, -0.05) is 18.2 Å². The molecule has 1 aromatic heterocycles. The highest BCUT2D eigenvalue weighted by atomic mass is 19.4. The van der Waals surface area contributed by atoms with E-state index >= 15 is 0 Å². The first kappa shape index (κ1) is 19.8. The van der Waals surface area contributed by atoms with E-state index in [2.05, 4.69) is 6.07 Å². The fourth-order valence-corrected chi connectivity index (χ4v) is 3.68. The Kier molecular flexibility index (Phi) is 4.89. The van der Waals surface area contributed by atoms with Crippen molar-refractivity contribution >= 4 is 27.7 Å². The molecule has 4 aromatic rings. The van der Waals surface area contributed by atoms with E-state index in [1.54, 1.807) is 22.8 Å². The predicted octanol–water partition coefficient (Wildman–Crippen LogP) is 5.16. The topological polar surface area (TPSA) is 57.2 Å². The lowest BCUT2D eigenvalue weighted by Gasteiger charge is -2.11. The monoisotopic (exact) mass is 411 g/mol. The van der Waals surface area contributed by atoms with Crippen LogP contribution >= 0.6 is 0 Å². The lowest BCUT2D eigenvalue weighted by molar-refractivity contribution is -0.137. The zero-order chi connectivity index (χ0) is 21.5. The number of alkyl halides is 3. The molecule has 4 rings (SSSR count). The Labute approximate surface area is 170 Å². The molecule has 0 spiro atoms. The number of nitrogens with zero attached hydrogens (tertiary/aromatic N) is 1. The van der Waals surface area contributed by atoms with E-state index in [0.717, 1.165) is 17.7 Å². The largest absolute Gasteiger partial charge is 0.494 e. The average molecular weight is 411 g/mol. The van der Waals surface area contributed by atoms with Crippen LogP contribution in [-0.4, -0.2) is 17.1 Å². The number of ether oxygens (including phenoxy) is 1. The van der Waals surface area contributed by atoms with E-state index in [9.17, 15) is 18.0 Å². The smallest absolute Gasteiger partial charge is 0.416 e. The van der Waals surface area contributed by atoms with Gasteiger partial charge in [0.25, 0.3) is 0 Å². The minimum absolute atomic E-state index is 0.246. The Morgan fingerprint density at radius 3 is 2.60 bits per heavy atom. The minimum Gasteiger partial charge on any atom is -0.494 e. The Hall–Kier alpha value is -3.48. The van der Waals surface area contributed by atoms with Gasteiger partial charge in [0.15, 0.2) is 0 Å². The molecule has 0 aliphatic carbocycles. The molecule has 7 heteroatoms. The first-order valence-corrected chi connectivity index (χ1v) is 9.35. The van der Waals surface area contributed by atoms with E-state index in [4.69, 9.17) is 10.5 Å². The van der Waals surface area contributed by atoms with E-state index in [-0.39, 0.29) is 12.1 Å². The first-order valence-electron chi connectivity index (χ1n) is 9.35. The van der Waals surface area contributed by atoms with Crippen LogP contribution in [0, 0.1) is 6.07 Å². The summed E-state index contributed by atoms with van der Waals surface area (Å²) in [5.41, 5.74) is 6.76. The molecule has 30 heavy (non-hydrogen) atoms. The lowest BCUT2D eigenvalue weighted by atomic mass is 10.0. The summed E-state index contributed by atoms with van der Waals surface area (Å²) >= 11 is 0. The first-order chi connectivity index (χ1) is 14.3. The van der Waals surface area contributed by atoms with Gasteiger partial charge in [-0.3, -0.25) is 4.79 Å². The highest BCUT2D eigenvalue weighted by Gasteiger charge is 2.31. The Morgan fingerprint density at radius 1 is 1.13 bits per heavy atom. The number of benzene rings is 3. The Bertz CT molecular complexity index is 1260. The number of halogens is 3. The molecule has 0 fully saturated rings. The molecule has 0 atom stereocenters. The summed E-state index contributed by atoms with van der Waals surface area (Å²) in [5.74, 6) is 0.0300. The van der Waals surface area contributed by atoms with Gasteiger partial charge in [0.2, 0.25) is 5.91 Å². The van der Waals surface area contributed by atoms with Gasteiger partial charge < -0.3 is 15.0 Å². The maximum Gasteiger partial charge on any atom is 0.416 e. The third-order valence-electron chi connectivity index (χ3n) is 4.94. The molecular weight excluding hydrogens is 393 g/mol. The molecule has 0 unspecified atom stereocenters. The quantitative estimate of drug-likeness (QED) is 0.493. The molecule has 0 saturated heterocycles. The molecule has 153 valence electrons. The van der Waals surface area contributed by atoms with Gasteiger partial charge in [0.05, 0.1) is 23.2 Å². The van der Waals surface area contributed by atoms with Crippen LogP contribution in [0.5, 0.6) is 5.75 Å². The second-order valence-electron chi connectivity index (χ2n) is 6.88. The van der Waals surface area contributed by atoms with Crippen LogP contribution in [0.25, 0.3) is 21.8 Å². The SMILES string of the molecule is CCOc1cccc(Cn2c3cc(C(F)(F)F)c[c]c3c3c(C(N)=O)cccc32)c1. The van der Waals surface area contributed by atoms with Crippen LogP contribution in [0.3, 0.4) is 0 Å². The minimum atomic E-state index is -4.51. The fraction of sp³-hybridized carbons (Fsp3) is 0.174. The number of rotatable bonds is 5. The zero-order valence-corrected chi connectivity index (χ0v) is 16.1. The van der Waals surface area contributed by atoms with E-state index in [1.807, 2.05) is 31.2 Å². The second-order valence-corrected chi connectivity index (χ2v) is 6.88. The lowest BCUT2D eigenvalue weighted by Crippen LogP contribution is -2.11. The molecule has 2 N–H and O–H groups in total. The number of amides is 1. The van der Waals surface area contributed by atoms with Crippen LogP contribution in [0.15, 0.2) is 54.6 Å². The number of hydrogen-bond acceptors (Lipinski definition) is 2. The standard InChI is InChI=1S/C23H18F3N2O2/c1-2-30-16-6-3-5-14(11-16)13-28-19-8-4-7-18(22(27)29)21(19)17-10-9-15(12-20(17)28)23(24,25)26/h3-9,11-12H,2,13H2,1H3,(H2,27,29). The maximum atomic E-state index is 13.4. The molecule has 4 nitrogen and oxygen atoms in total. The fourth-order valence-electron chi connectivity index (χ4n) is 3.68. The zero-order valence-electron chi connectivity index (χ0n) is 16.1. The van der Waals surface area contributed by atoms with Crippen molar-refractivity contribution in [1.29, 1.82) is 0 Å². The summed E-state index contributed by atoms with van der Waals surface area (Å²) in [6, 6.07) is 17.1. The molecule has 3 aromatic carbocycles. The molecule has 0 aliphatic rings. The van der Waals surface area contributed by atoms with Crippen molar-refractivity contribution < 1.29 is 22.7 Å². The number of nitrogens with two attached hydrogens (primary N) is 1. The molecule has 1 amide bonds. The van der Waals surface area contributed by atoms with Gasteiger partial charge in [-0.2, -0.15) is 13.2 Å². The summed E-state index contributed by atoms with van der Waals surface area (Å²) in [4.78, 5) is 12.0. The summed E-state index contributed by atoms with van der Waals surface area (Å²) in [7, 11) is 0. The highest BCUT2D eigenvalue weighted by molar-refractivity contribution is 6.17. The molecule has 0 aliphatic heterocycles. The van der Waals surface area contributed by atoms with Crippen molar-refractivity contribution in [2.45, 2.75) is 19.6 Å². The van der Waals surface area contributed by atoms with Gasteiger partial charge in [-0.15, -0.1) is 0 Å². The molecular formula is C23H18F3N2O2. The van der Waals surface area contributed by atoms with Gasteiger partial charge in [-0.05, 0) is 55.0 Å². The van der Waals surface area contributed by atoms with Crippen LogP contribution in [0.2, 0.25) is 0 Å². The van der Waals surface area contributed by atoms with Gasteiger partial charge in [0.1, 0.15) is 5.75 Å². The van der Waals surface area contributed by atoms with Crippen LogP contribution in [0.1, 0.15) is 28.4 Å². The molecule has 1 heterocycles. The van der Waals surface area contributed by atoms with Crippen LogP contribution < -0.4 is 10.5 Å². The van der Waals surface area contributed by atoms with E-state index in [1.165, 1.54) is 0 Å². The van der Waals surface area contributed by atoms with Gasteiger partial charge in [0, 0.05) is 22.9 Å². The average Bonchev–Trinajstić information content (AvgIpc) is 3.01. The number of aromatic nitrogens is 1. The van der Waals surface area contributed by atoms with E-state index in [0.29, 0.717) is 34.2 Å². The molecule has 0 bridgehead atoms. The molecule has 1 radical (unpaired) electrons. The summed E-state index contributed by atoms with van der Waals surface area (Å²) in [6.07, 6.45) is -4.51. The number of carbonyl (C=O) groups excluding carboxylic acids is 1. The maximum absolute atomic E-state index is 13.4. The van der Waals surface area contributed by atoms with Crippen molar-refractivity contribution in [3.05, 3.63) is 77.4 Å². The summed E-state index contributed by atoms with van der Waals surface area (Å²) in [5, 5.41) is 0.919. The van der Waals surface area contributed by atoms with Crippen molar-refractivity contribution in [3.8, 4) is 5.75 Å². The normalized spacial score (nSPS) is 11.9. The third-order valence-corrected chi connectivity index (χ3v) is 4.94. The van der Waals surface area contributed by atoms with Crippen LogP contribution in [-0.2, 0) is 12.7 Å². The number of carbonyl (C=O) groups is 1. The predicted molar refractivity (Wildman–Crippen MR) is 109 cm³/mol. The second kappa shape index (κ2) is 7.40. The molecule has 0 saturated carbocycles. The van der Waals surface area contributed by atoms with Crippen molar-refractivity contribution in [2.24, 2.45) is 5.73 Å². The van der Waals surface area contributed by atoms with Crippen molar-refractivity contribution in [2.75, 3.05) is 6.61 Å². The van der Waals surface area contributed by atoms with Crippen molar-refractivity contribution in [1.82, 2.24) is 4.57 Å². The van der Waals surface area contributed by atoms with Gasteiger partial charge >= 0.3 is 6.18 Å². The Balaban J connectivity index is 1.99. The summed E-state index contributed by atoms with van der Waals surface area (Å²) in [6.45, 7) is 2.67. The number of fused-ring (bicyclic) bond motifs is 3. The van der Waals surface area contributed by atoms with Gasteiger partial charge in [-0.25, -0.2) is 0 Å². The van der Waals surface area contributed by atoms with Crippen molar-refractivity contribution in [3.63, 3.8) is 0 Å². The number of hydrogen-bond donors (Lipinski definition) is 1. The summed E-state index contributed by atoms with van der Waals surface area (Å²) < 4.78 is 47.3. The van der Waals surface area contributed by atoms with Crippen LogP contribution in [0.4, 0.5) is 13.2 Å². The third kappa shape index (κ3) is 3.47.